The average Bonchev–Trinajstić information content (AvgIpc) is 2.82. The topological polar surface area (TPSA) is 153 Å². The van der Waals surface area contributed by atoms with E-state index in [2.05, 4.69) is 10.6 Å². The Balaban J connectivity index is 0.000000383. The lowest BCUT2D eigenvalue weighted by atomic mass is 10.0. The predicted octanol–water partition coefficient (Wildman–Crippen LogP) is 0.144. The summed E-state index contributed by atoms with van der Waals surface area (Å²) in [5, 5.41) is 14.8. The van der Waals surface area contributed by atoms with Gasteiger partial charge in [-0.1, -0.05) is 6.42 Å². The fourth-order valence-electron chi connectivity index (χ4n) is 2.26. The number of thioether (sulfide) groups is 1. The summed E-state index contributed by atoms with van der Waals surface area (Å²) >= 11 is 1.87. The maximum Gasteiger partial charge on any atom is 0.394 e. The van der Waals surface area contributed by atoms with E-state index < -0.39 is 16.4 Å². The fraction of sp³-hybridized carbons (Fsp3) is 0.800. The van der Waals surface area contributed by atoms with Gasteiger partial charge in [-0.3, -0.25) is 13.9 Å². The van der Waals surface area contributed by atoms with Gasteiger partial charge in [-0.25, -0.2) is 4.79 Å². The molecule has 21 heavy (non-hydrogen) atoms. The molecule has 2 aliphatic heterocycles. The van der Waals surface area contributed by atoms with Crippen molar-refractivity contribution in [3.8, 4) is 0 Å². The standard InChI is InChI=1S/C10H16N2O3S.H2O4S/c13-8(14)4-2-1-3-7-9-6(5-16-7)11-10(15)12-9;1-5(2,3)4/h6-7,9H,1-5H2,(H,13,14)(H2,11,12,15);(H2,1,2,3,4)/t6-,7-,9-;/m0./s1. The molecule has 0 aromatic rings. The Morgan fingerprint density at radius 3 is 2.48 bits per heavy atom. The van der Waals surface area contributed by atoms with E-state index in [9.17, 15) is 9.59 Å². The molecule has 2 aliphatic rings. The molecule has 2 heterocycles. The molecule has 5 N–H and O–H groups in total. The molecule has 3 atom stereocenters. The molecule has 2 amide bonds. The van der Waals surface area contributed by atoms with Crippen LogP contribution in [-0.2, 0) is 15.2 Å². The monoisotopic (exact) mass is 342 g/mol. The molecule has 2 fully saturated rings. The number of unbranched alkanes of at least 4 members (excludes halogenated alkanes) is 1. The highest BCUT2D eigenvalue weighted by molar-refractivity contribution is 8.00. The summed E-state index contributed by atoms with van der Waals surface area (Å²) in [6, 6.07) is 0.440. The van der Waals surface area contributed by atoms with Crippen molar-refractivity contribution in [2.45, 2.75) is 43.0 Å². The number of hydrogen-bond acceptors (Lipinski definition) is 5. The minimum absolute atomic E-state index is 0.0640. The zero-order valence-corrected chi connectivity index (χ0v) is 12.7. The van der Waals surface area contributed by atoms with Gasteiger partial charge in [-0.2, -0.15) is 20.2 Å². The van der Waals surface area contributed by atoms with Crippen molar-refractivity contribution in [2.75, 3.05) is 5.75 Å². The van der Waals surface area contributed by atoms with E-state index in [1.165, 1.54) is 0 Å². The summed E-state index contributed by atoms with van der Waals surface area (Å²) in [6.45, 7) is 0. The molecule has 0 aromatic heterocycles. The van der Waals surface area contributed by atoms with Crippen LogP contribution in [-0.4, -0.2) is 57.7 Å². The minimum Gasteiger partial charge on any atom is -0.481 e. The average molecular weight is 342 g/mol. The smallest absolute Gasteiger partial charge is 0.394 e. The first-order valence-electron chi connectivity index (χ1n) is 6.27. The second kappa shape index (κ2) is 7.82. The Morgan fingerprint density at radius 1 is 1.29 bits per heavy atom. The van der Waals surface area contributed by atoms with Crippen molar-refractivity contribution in [2.24, 2.45) is 0 Å². The Morgan fingerprint density at radius 2 is 1.90 bits per heavy atom. The molecular formula is C10H18N2O7S2. The van der Waals surface area contributed by atoms with E-state index in [4.69, 9.17) is 22.6 Å². The molecule has 9 nitrogen and oxygen atoms in total. The van der Waals surface area contributed by atoms with E-state index >= 15 is 0 Å². The Kier molecular flexibility index (Phi) is 6.71. The number of aliphatic carboxylic acids is 1. The first kappa shape index (κ1) is 18.0. The zero-order chi connectivity index (χ0) is 16.0. The number of carbonyl (C=O) groups excluding carboxylic acids is 1. The number of hydrogen-bond donors (Lipinski definition) is 5. The maximum absolute atomic E-state index is 11.1. The van der Waals surface area contributed by atoms with Gasteiger partial charge in [0.25, 0.3) is 0 Å². The molecule has 0 radical (unpaired) electrons. The van der Waals surface area contributed by atoms with Gasteiger partial charge in [0.1, 0.15) is 0 Å². The van der Waals surface area contributed by atoms with Crippen molar-refractivity contribution in [3.63, 3.8) is 0 Å². The van der Waals surface area contributed by atoms with Crippen molar-refractivity contribution < 1.29 is 32.2 Å². The van der Waals surface area contributed by atoms with Crippen LogP contribution >= 0.6 is 11.8 Å². The van der Waals surface area contributed by atoms with E-state index in [0.29, 0.717) is 5.25 Å². The van der Waals surface area contributed by atoms with Gasteiger partial charge >= 0.3 is 22.4 Å². The first-order valence-corrected chi connectivity index (χ1v) is 8.71. The van der Waals surface area contributed by atoms with E-state index in [1.54, 1.807) is 0 Å². The summed E-state index contributed by atoms with van der Waals surface area (Å²) in [5.74, 6) is 0.236. The van der Waals surface area contributed by atoms with Crippen LogP contribution in [0.2, 0.25) is 0 Å². The van der Waals surface area contributed by atoms with Crippen LogP contribution in [0.25, 0.3) is 0 Å². The third-order valence-corrected chi connectivity index (χ3v) is 4.58. The maximum atomic E-state index is 11.1. The van der Waals surface area contributed by atoms with Crippen LogP contribution in [0.5, 0.6) is 0 Å². The molecule has 2 rings (SSSR count). The van der Waals surface area contributed by atoms with Gasteiger partial charge < -0.3 is 15.7 Å². The molecule has 0 unspecified atom stereocenters. The number of amides is 2. The highest BCUT2D eigenvalue weighted by Gasteiger charge is 2.42. The van der Waals surface area contributed by atoms with Crippen LogP contribution in [0.15, 0.2) is 0 Å². The molecule has 2 saturated heterocycles. The molecule has 0 spiro atoms. The van der Waals surface area contributed by atoms with Gasteiger partial charge in [-0.15, -0.1) is 0 Å². The second-order valence-corrected chi connectivity index (χ2v) is 6.88. The number of rotatable bonds is 5. The lowest BCUT2D eigenvalue weighted by molar-refractivity contribution is -0.137. The summed E-state index contributed by atoms with van der Waals surface area (Å²) in [5.41, 5.74) is 0. The van der Waals surface area contributed by atoms with E-state index in [-0.39, 0.29) is 24.5 Å². The largest absolute Gasteiger partial charge is 0.481 e. The number of urea groups is 1. The second-order valence-electron chi connectivity index (χ2n) is 4.71. The molecule has 0 saturated carbocycles. The summed E-state index contributed by atoms with van der Waals surface area (Å²) in [6.07, 6.45) is 2.88. The van der Waals surface area contributed by atoms with Crippen molar-refractivity contribution >= 4 is 34.2 Å². The van der Waals surface area contributed by atoms with Crippen LogP contribution in [0.4, 0.5) is 4.79 Å². The molecule has 122 valence electrons. The third-order valence-electron chi connectivity index (χ3n) is 3.07. The quantitative estimate of drug-likeness (QED) is 0.269. The lowest BCUT2D eigenvalue weighted by Gasteiger charge is -2.16. The van der Waals surface area contributed by atoms with Gasteiger partial charge in [0.05, 0.1) is 12.1 Å². The zero-order valence-electron chi connectivity index (χ0n) is 11.1. The van der Waals surface area contributed by atoms with Crippen LogP contribution in [0.3, 0.4) is 0 Å². The van der Waals surface area contributed by atoms with Gasteiger partial charge in [0.15, 0.2) is 0 Å². The lowest BCUT2D eigenvalue weighted by Crippen LogP contribution is -2.36. The molecule has 0 bridgehead atoms. The SMILES string of the molecule is O=C(O)CCCC[C@@H]1SC[C@@H]2NC(=O)N[C@@H]21.O=S(=O)(O)O. The molecule has 0 aliphatic carbocycles. The summed E-state index contributed by atoms with van der Waals surface area (Å²) in [4.78, 5) is 21.5. The number of fused-ring (bicyclic) bond motifs is 1. The number of carbonyl (C=O) groups is 2. The van der Waals surface area contributed by atoms with Crippen LogP contribution < -0.4 is 10.6 Å². The highest BCUT2D eigenvalue weighted by Crippen LogP contribution is 2.33. The van der Waals surface area contributed by atoms with E-state index in [0.717, 1.165) is 25.0 Å². The van der Waals surface area contributed by atoms with Gasteiger partial charge in [-0.05, 0) is 12.8 Å². The van der Waals surface area contributed by atoms with Gasteiger partial charge in [0.2, 0.25) is 0 Å². The minimum atomic E-state index is -4.67. The molecular weight excluding hydrogens is 324 g/mol. The third kappa shape index (κ3) is 7.50. The highest BCUT2D eigenvalue weighted by atomic mass is 32.3. The fourth-order valence-corrected chi connectivity index (χ4v) is 3.81. The Bertz CT molecular complexity index is 474. The van der Waals surface area contributed by atoms with Crippen molar-refractivity contribution in [1.82, 2.24) is 10.6 Å². The van der Waals surface area contributed by atoms with Crippen molar-refractivity contribution in [3.05, 3.63) is 0 Å². The number of carboxylic acid groups (broad SMARTS) is 1. The Hall–Kier alpha value is -1.04. The predicted molar refractivity (Wildman–Crippen MR) is 75.8 cm³/mol. The van der Waals surface area contributed by atoms with Gasteiger partial charge in [0, 0.05) is 17.4 Å². The Labute approximate surface area is 126 Å². The van der Waals surface area contributed by atoms with Crippen LogP contribution in [0, 0.1) is 0 Å². The molecule has 11 heteroatoms. The number of nitrogens with one attached hydrogen (secondary N) is 2. The summed E-state index contributed by atoms with van der Waals surface area (Å²) in [7, 11) is -4.67. The number of carboxylic acids is 1. The molecule has 0 aromatic carbocycles. The van der Waals surface area contributed by atoms with Crippen molar-refractivity contribution in [1.29, 1.82) is 0 Å². The van der Waals surface area contributed by atoms with E-state index in [1.807, 2.05) is 11.8 Å². The first-order chi connectivity index (χ1) is 9.66. The summed E-state index contributed by atoms with van der Waals surface area (Å²) < 4.78 is 31.6. The normalized spacial score (nSPS) is 27.1. The van der Waals surface area contributed by atoms with Crippen LogP contribution in [0.1, 0.15) is 25.7 Å².